The van der Waals surface area contributed by atoms with Gasteiger partial charge in [-0.1, -0.05) is 38.0 Å². The Morgan fingerprint density at radius 2 is 1.94 bits per heavy atom. The first-order valence-electron chi connectivity index (χ1n) is 7.16. The molecule has 0 spiro atoms. The van der Waals surface area contributed by atoms with E-state index < -0.39 is 0 Å². The number of aryl methyl sites for hydroxylation is 2. The third kappa shape index (κ3) is 3.57. The quantitative estimate of drug-likeness (QED) is 0.823. The maximum Gasteiger partial charge on any atom is 0.00793 e. The summed E-state index contributed by atoms with van der Waals surface area (Å²) in [7, 11) is 0. The van der Waals surface area contributed by atoms with E-state index in [1.165, 1.54) is 44.1 Å². The van der Waals surface area contributed by atoms with Crippen molar-refractivity contribution in [1.29, 1.82) is 0 Å². The van der Waals surface area contributed by atoms with E-state index in [-0.39, 0.29) is 0 Å². The molecule has 0 aliphatic heterocycles. The molecule has 1 heteroatoms. The Kier molecular flexibility index (Phi) is 4.61. The first-order valence-corrected chi connectivity index (χ1v) is 7.16. The molecule has 94 valence electrons. The lowest BCUT2D eigenvalue weighted by atomic mass is 9.89. The maximum atomic E-state index is 6.17. The first-order chi connectivity index (χ1) is 8.29. The van der Waals surface area contributed by atoms with Gasteiger partial charge in [-0.2, -0.15) is 0 Å². The molecular weight excluding hydrogens is 206 g/mol. The number of unbranched alkanes of at least 4 members (excludes halogenated alkanes) is 1. The highest BCUT2D eigenvalue weighted by Crippen LogP contribution is 2.22. The Bertz CT molecular complexity index is 357. The minimum atomic E-state index is 0.344. The Morgan fingerprint density at radius 3 is 2.71 bits per heavy atom. The average Bonchev–Trinajstić information content (AvgIpc) is 2.36. The van der Waals surface area contributed by atoms with Crippen LogP contribution >= 0.6 is 0 Å². The molecule has 1 aromatic carbocycles. The SMILES string of the molecule is CCCCC(N)Cc1ccc2c(c1)CCCC2. The van der Waals surface area contributed by atoms with Crippen LogP contribution in [0.2, 0.25) is 0 Å². The lowest BCUT2D eigenvalue weighted by Gasteiger charge is -2.18. The predicted molar refractivity (Wildman–Crippen MR) is 74.3 cm³/mol. The zero-order valence-electron chi connectivity index (χ0n) is 11.0. The van der Waals surface area contributed by atoms with Crippen LogP contribution in [-0.4, -0.2) is 6.04 Å². The van der Waals surface area contributed by atoms with Crippen molar-refractivity contribution >= 4 is 0 Å². The van der Waals surface area contributed by atoms with Gasteiger partial charge in [-0.3, -0.25) is 0 Å². The summed E-state index contributed by atoms with van der Waals surface area (Å²) in [6.07, 6.45) is 9.98. The Balaban J connectivity index is 1.97. The van der Waals surface area contributed by atoms with E-state index in [0.29, 0.717) is 6.04 Å². The highest BCUT2D eigenvalue weighted by atomic mass is 14.6. The molecule has 2 N–H and O–H groups in total. The minimum Gasteiger partial charge on any atom is -0.327 e. The molecule has 17 heavy (non-hydrogen) atoms. The van der Waals surface area contributed by atoms with Gasteiger partial charge in [0.2, 0.25) is 0 Å². The molecule has 1 atom stereocenters. The van der Waals surface area contributed by atoms with Crippen LogP contribution in [0.1, 0.15) is 55.7 Å². The summed E-state index contributed by atoms with van der Waals surface area (Å²) < 4.78 is 0. The Morgan fingerprint density at radius 1 is 1.18 bits per heavy atom. The van der Waals surface area contributed by atoms with E-state index in [1.54, 1.807) is 11.1 Å². The number of hydrogen-bond acceptors (Lipinski definition) is 1. The van der Waals surface area contributed by atoms with E-state index in [2.05, 4.69) is 25.1 Å². The number of hydrogen-bond donors (Lipinski definition) is 1. The zero-order valence-corrected chi connectivity index (χ0v) is 11.0. The molecule has 2 rings (SSSR count). The van der Waals surface area contributed by atoms with E-state index >= 15 is 0 Å². The van der Waals surface area contributed by atoms with Crippen molar-refractivity contribution < 1.29 is 0 Å². The van der Waals surface area contributed by atoms with Gasteiger partial charge in [-0.15, -0.1) is 0 Å². The molecule has 0 fully saturated rings. The standard InChI is InChI=1S/C16H25N/c1-2-3-8-16(17)12-13-9-10-14-6-4-5-7-15(14)11-13/h9-11,16H,2-8,12,17H2,1H3. The smallest absolute Gasteiger partial charge is 0.00793 e. The van der Waals surface area contributed by atoms with Crippen LogP contribution in [0.25, 0.3) is 0 Å². The van der Waals surface area contributed by atoms with Crippen LogP contribution < -0.4 is 5.73 Å². The third-order valence-electron chi connectivity index (χ3n) is 3.84. The zero-order chi connectivity index (χ0) is 12.1. The lowest BCUT2D eigenvalue weighted by molar-refractivity contribution is 0.573. The fourth-order valence-corrected chi connectivity index (χ4v) is 2.78. The van der Waals surface area contributed by atoms with Crippen LogP contribution in [0.5, 0.6) is 0 Å². The van der Waals surface area contributed by atoms with Crippen molar-refractivity contribution in [2.24, 2.45) is 5.73 Å². The van der Waals surface area contributed by atoms with Crippen molar-refractivity contribution in [3.63, 3.8) is 0 Å². The molecule has 1 nitrogen and oxygen atoms in total. The van der Waals surface area contributed by atoms with E-state index in [4.69, 9.17) is 5.73 Å². The van der Waals surface area contributed by atoms with E-state index in [0.717, 1.165) is 12.8 Å². The minimum absolute atomic E-state index is 0.344. The van der Waals surface area contributed by atoms with Crippen LogP contribution in [0.3, 0.4) is 0 Å². The van der Waals surface area contributed by atoms with Crippen molar-refractivity contribution in [1.82, 2.24) is 0 Å². The van der Waals surface area contributed by atoms with Crippen molar-refractivity contribution in [3.8, 4) is 0 Å². The normalized spacial score (nSPS) is 16.6. The van der Waals surface area contributed by atoms with Gasteiger partial charge in [0.15, 0.2) is 0 Å². The third-order valence-corrected chi connectivity index (χ3v) is 3.84. The van der Waals surface area contributed by atoms with E-state index in [1.807, 2.05) is 0 Å². The highest BCUT2D eigenvalue weighted by molar-refractivity contribution is 5.34. The lowest BCUT2D eigenvalue weighted by Crippen LogP contribution is -2.22. The Labute approximate surface area is 105 Å². The molecule has 0 amide bonds. The summed E-state index contributed by atoms with van der Waals surface area (Å²) in [5.41, 5.74) is 10.8. The molecular formula is C16H25N. The van der Waals surface area contributed by atoms with Crippen LogP contribution in [0.4, 0.5) is 0 Å². The topological polar surface area (TPSA) is 26.0 Å². The summed E-state index contributed by atoms with van der Waals surface area (Å²) in [5.74, 6) is 0. The molecule has 0 radical (unpaired) electrons. The summed E-state index contributed by atoms with van der Waals surface area (Å²) in [6.45, 7) is 2.23. The van der Waals surface area contributed by atoms with E-state index in [9.17, 15) is 0 Å². The van der Waals surface area contributed by atoms with Crippen molar-refractivity contribution in [3.05, 3.63) is 34.9 Å². The highest BCUT2D eigenvalue weighted by Gasteiger charge is 2.10. The number of nitrogens with two attached hydrogens (primary N) is 1. The fraction of sp³-hybridized carbons (Fsp3) is 0.625. The van der Waals surface area contributed by atoms with Crippen LogP contribution in [0, 0.1) is 0 Å². The molecule has 0 bridgehead atoms. The van der Waals surface area contributed by atoms with Crippen LogP contribution in [-0.2, 0) is 19.3 Å². The van der Waals surface area contributed by atoms with Gasteiger partial charge in [0.25, 0.3) is 0 Å². The van der Waals surface area contributed by atoms with Gasteiger partial charge < -0.3 is 5.73 Å². The molecule has 0 saturated carbocycles. The van der Waals surface area contributed by atoms with Gasteiger partial charge in [0.05, 0.1) is 0 Å². The van der Waals surface area contributed by atoms with Gasteiger partial charge in [-0.05, 0) is 55.2 Å². The van der Waals surface area contributed by atoms with Gasteiger partial charge in [0.1, 0.15) is 0 Å². The average molecular weight is 231 g/mol. The van der Waals surface area contributed by atoms with Gasteiger partial charge in [0, 0.05) is 6.04 Å². The summed E-state index contributed by atoms with van der Waals surface area (Å²) >= 11 is 0. The molecule has 0 aromatic heterocycles. The summed E-state index contributed by atoms with van der Waals surface area (Å²) in [6, 6.07) is 7.36. The molecule has 1 aliphatic rings. The second-order valence-electron chi connectivity index (χ2n) is 5.42. The second-order valence-corrected chi connectivity index (χ2v) is 5.42. The predicted octanol–water partition coefficient (Wildman–Crippen LogP) is 3.63. The van der Waals surface area contributed by atoms with Gasteiger partial charge >= 0.3 is 0 Å². The first kappa shape index (κ1) is 12.6. The molecule has 1 unspecified atom stereocenters. The monoisotopic (exact) mass is 231 g/mol. The van der Waals surface area contributed by atoms with Crippen LogP contribution in [0.15, 0.2) is 18.2 Å². The van der Waals surface area contributed by atoms with Crippen molar-refractivity contribution in [2.75, 3.05) is 0 Å². The second kappa shape index (κ2) is 6.20. The molecule has 0 saturated heterocycles. The summed E-state index contributed by atoms with van der Waals surface area (Å²) in [4.78, 5) is 0. The maximum absolute atomic E-state index is 6.17. The number of benzene rings is 1. The molecule has 0 heterocycles. The van der Waals surface area contributed by atoms with Crippen molar-refractivity contribution in [2.45, 2.75) is 64.3 Å². The fourth-order valence-electron chi connectivity index (χ4n) is 2.78. The number of rotatable bonds is 5. The Hall–Kier alpha value is -0.820. The largest absolute Gasteiger partial charge is 0.327 e. The number of fused-ring (bicyclic) bond motifs is 1. The summed E-state index contributed by atoms with van der Waals surface area (Å²) in [5, 5.41) is 0. The molecule has 1 aromatic rings. The molecule has 1 aliphatic carbocycles. The van der Waals surface area contributed by atoms with Gasteiger partial charge in [-0.25, -0.2) is 0 Å².